The van der Waals surface area contributed by atoms with E-state index in [9.17, 15) is 0 Å². The second kappa shape index (κ2) is 26.2. The summed E-state index contributed by atoms with van der Waals surface area (Å²) in [6.07, 6.45) is 0. The van der Waals surface area contributed by atoms with Crippen LogP contribution in [0.3, 0.4) is 0 Å². The lowest BCUT2D eigenvalue weighted by Crippen LogP contribution is -2.18. The van der Waals surface area contributed by atoms with E-state index >= 15 is 0 Å². The number of benzene rings is 15. The Balaban J connectivity index is 0.000000116. The fourth-order valence-electron chi connectivity index (χ4n) is 18.8. The Kier molecular flexibility index (Phi) is 16.2. The molecule has 540 valence electrons. The van der Waals surface area contributed by atoms with E-state index < -0.39 is 0 Å². The van der Waals surface area contributed by atoms with Gasteiger partial charge in [-0.2, -0.15) is 0 Å². The molecular formula is C105H90N6. The van der Waals surface area contributed by atoms with Crippen molar-refractivity contribution in [3.63, 3.8) is 0 Å². The van der Waals surface area contributed by atoms with Gasteiger partial charge in [0.2, 0.25) is 0 Å². The van der Waals surface area contributed by atoms with Crippen molar-refractivity contribution in [2.24, 2.45) is 21.1 Å². The molecule has 21 rings (SSSR count). The number of hydrogen-bond donors (Lipinski definition) is 0. The van der Waals surface area contributed by atoms with Gasteiger partial charge in [-0.05, 0) is 227 Å². The third-order valence-corrected chi connectivity index (χ3v) is 24.8. The van der Waals surface area contributed by atoms with Crippen LogP contribution >= 0.6 is 0 Å². The van der Waals surface area contributed by atoms with Gasteiger partial charge < -0.3 is 28.4 Å². The second-order valence-corrected chi connectivity index (χ2v) is 32.6. The molecule has 6 heteroatoms. The first-order chi connectivity index (χ1) is 53.8. The molecule has 0 fully saturated rings. The minimum absolute atomic E-state index is 0.0168. The van der Waals surface area contributed by atoms with Crippen LogP contribution in [0.5, 0.6) is 0 Å². The molecule has 6 nitrogen and oxygen atoms in total. The van der Waals surface area contributed by atoms with Crippen LogP contribution in [0.25, 0.3) is 98.8 Å². The minimum atomic E-state index is -0.127. The van der Waals surface area contributed by atoms with Crippen molar-refractivity contribution in [3.8, 4) is 33.4 Å². The standard InChI is InChI=1S/C46H41N.C33H27N3.C26H22N2/c1-28-16-18-29(19-17-28)47(30-20-22-34-32-12-8-10-14-38(32)44(2,3)40(34)24-30)31-21-23-35-37-27-42-36(26-43(37)46(6,7)41(35)25-31)33-13-9-11-15-39(33)45(42,4)5;1-22-12-14-23(15-13-22)36(24-16-18-28-26-8-4-6-10-30(26)34(2)32(28)20-24)25-17-19-29-27-9-5-7-11-31(27)35(3)33(29)21-25;1-19-12-14-21(15-13-19)28(20-8-4-3-5-9-20)22-16-17-24-23-10-6-7-11-25(23)27(2)26(24)18-22/h8-27H,1-7H3;4-21H,1-3H3;3-18H,1-2H3. The zero-order chi connectivity index (χ0) is 75.9. The number of anilines is 9. The zero-order valence-corrected chi connectivity index (χ0v) is 65.4. The molecule has 0 saturated heterocycles. The molecule has 0 unspecified atom stereocenters. The Morgan fingerprint density at radius 1 is 0.189 bits per heavy atom. The van der Waals surface area contributed by atoms with Gasteiger partial charge in [-0.3, -0.25) is 0 Å². The van der Waals surface area contributed by atoms with Crippen LogP contribution < -0.4 is 14.7 Å². The van der Waals surface area contributed by atoms with Gasteiger partial charge in [-0.25, -0.2) is 0 Å². The van der Waals surface area contributed by atoms with Crippen LogP contribution in [-0.4, -0.2) is 13.7 Å². The molecule has 111 heavy (non-hydrogen) atoms. The number of nitrogens with zero attached hydrogens (tertiary/aromatic N) is 6. The van der Waals surface area contributed by atoms with E-state index in [0.717, 1.165) is 34.1 Å². The van der Waals surface area contributed by atoms with E-state index in [1.54, 1.807) is 0 Å². The largest absolute Gasteiger partial charge is 0.344 e. The molecule has 3 aliphatic carbocycles. The van der Waals surface area contributed by atoms with Crippen molar-refractivity contribution in [1.29, 1.82) is 0 Å². The van der Waals surface area contributed by atoms with Crippen LogP contribution in [0.4, 0.5) is 51.2 Å². The number of aryl methyl sites for hydroxylation is 6. The number of hydrogen-bond acceptors (Lipinski definition) is 3. The number of para-hydroxylation sites is 4. The summed E-state index contributed by atoms with van der Waals surface area (Å²) in [4.78, 5) is 7.14. The molecule has 3 aliphatic rings. The molecule has 3 heterocycles. The van der Waals surface area contributed by atoms with Crippen LogP contribution in [0.2, 0.25) is 0 Å². The van der Waals surface area contributed by atoms with Crippen LogP contribution in [-0.2, 0) is 37.4 Å². The van der Waals surface area contributed by atoms with Gasteiger partial charge in [0.1, 0.15) is 0 Å². The molecule has 0 N–H and O–H groups in total. The maximum atomic E-state index is 2.51. The summed E-state index contributed by atoms with van der Waals surface area (Å²) in [5.74, 6) is 0. The quantitative estimate of drug-likeness (QED) is 0.144. The topological polar surface area (TPSA) is 24.5 Å². The Hall–Kier alpha value is -12.9. The van der Waals surface area contributed by atoms with Gasteiger partial charge >= 0.3 is 0 Å². The van der Waals surface area contributed by atoms with Crippen molar-refractivity contribution in [2.45, 2.75) is 78.6 Å². The van der Waals surface area contributed by atoms with E-state index in [2.05, 4.69) is 439 Å². The molecule has 0 radical (unpaired) electrons. The second-order valence-electron chi connectivity index (χ2n) is 32.6. The Bertz CT molecular complexity index is 6620. The summed E-state index contributed by atoms with van der Waals surface area (Å²) >= 11 is 0. The van der Waals surface area contributed by atoms with Crippen LogP contribution in [0.1, 0.15) is 91.6 Å². The molecule has 0 saturated carbocycles. The summed E-state index contributed by atoms with van der Waals surface area (Å²) < 4.78 is 6.88. The highest BCUT2D eigenvalue weighted by Gasteiger charge is 2.43. The first-order valence-corrected chi connectivity index (χ1v) is 39.1. The van der Waals surface area contributed by atoms with Gasteiger partial charge in [-0.1, -0.05) is 246 Å². The lowest BCUT2D eigenvalue weighted by molar-refractivity contribution is 0.652. The van der Waals surface area contributed by atoms with Gasteiger partial charge in [-0.15, -0.1) is 0 Å². The molecule has 18 aromatic rings. The summed E-state index contributed by atoms with van der Waals surface area (Å²) in [6.45, 7) is 20.7. The smallest absolute Gasteiger partial charge is 0.0509 e. The van der Waals surface area contributed by atoms with E-state index in [1.807, 2.05) is 0 Å². The fourth-order valence-corrected chi connectivity index (χ4v) is 18.8. The highest BCUT2D eigenvalue weighted by atomic mass is 15.2. The Morgan fingerprint density at radius 3 is 0.811 bits per heavy atom. The Labute approximate surface area is 651 Å². The monoisotopic (exact) mass is 1430 g/mol. The van der Waals surface area contributed by atoms with Crippen LogP contribution in [0.15, 0.2) is 328 Å². The molecule has 3 aromatic heterocycles. The average Bonchev–Trinajstić information content (AvgIpc) is 1.58. The summed E-state index contributed by atoms with van der Waals surface area (Å²) in [5.41, 5.74) is 38.3. The van der Waals surface area contributed by atoms with Crippen LogP contribution in [0, 0.1) is 20.8 Å². The molecule has 0 aliphatic heterocycles. The van der Waals surface area contributed by atoms with Crippen molar-refractivity contribution < 1.29 is 0 Å². The van der Waals surface area contributed by atoms with Gasteiger partial charge in [0.25, 0.3) is 0 Å². The molecule has 0 amide bonds. The van der Waals surface area contributed by atoms with Crippen molar-refractivity contribution in [3.05, 3.63) is 378 Å². The van der Waals surface area contributed by atoms with Gasteiger partial charge in [0.05, 0.1) is 16.6 Å². The lowest BCUT2D eigenvalue weighted by Gasteiger charge is -2.30. The summed E-state index contributed by atoms with van der Waals surface area (Å²) in [7, 11) is 6.46. The van der Waals surface area contributed by atoms with Gasteiger partial charge in [0, 0.05) is 137 Å². The number of aromatic nitrogens is 3. The molecule has 15 aromatic carbocycles. The van der Waals surface area contributed by atoms with Crippen molar-refractivity contribution in [1.82, 2.24) is 13.7 Å². The van der Waals surface area contributed by atoms with Crippen molar-refractivity contribution in [2.75, 3.05) is 14.7 Å². The van der Waals surface area contributed by atoms with E-state index in [-0.39, 0.29) is 16.2 Å². The Morgan fingerprint density at radius 2 is 0.432 bits per heavy atom. The van der Waals surface area contributed by atoms with E-state index in [0.29, 0.717) is 0 Å². The SMILES string of the molecule is Cc1ccc(N(c2ccc3c(c2)C(C)(C)c2ccccc2-3)c2ccc3c(c2)C(C)(C)c2cc4c(cc2-3)C(C)(C)c2ccccc2-4)cc1.Cc1ccc(N(c2ccc3c4ccccc4n(C)c3c2)c2ccc3c4ccccc4n(C)c3c2)cc1.Cc1ccc(N(c2ccccc2)c2ccc3c4ccccc4n(C)c3c2)cc1. The maximum Gasteiger partial charge on any atom is 0.0509 e. The number of rotatable bonds is 9. The minimum Gasteiger partial charge on any atom is -0.344 e. The lowest BCUT2D eigenvalue weighted by atomic mass is 9.79. The molecular weight excluding hydrogens is 1350 g/mol. The van der Waals surface area contributed by atoms with Crippen molar-refractivity contribution >= 4 is 117 Å². The zero-order valence-electron chi connectivity index (χ0n) is 65.4. The predicted octanol–water partition coefficient (Wildman–Crippen LogP) is 28.2. The molecule has 0 bridgehead atoms. The van der Waals surface area contributed by atoms with Gasteiger partial charge in [0.15, 0.2) is 0 Å². The molecule has 0 spiro atoms. The highest BCUT2D eigenvalue weighted by Crippen LogP contribution is 2.58. The highest BCUT2D eigenvalue weighted by molar-refractivity contribution is 6.12. The summed E-state index contributed by atoms with van der Waals surface area (Å²) in [6, 6.07) is 121. The third-order valence-electron chi connectivity index (χ3n) is 24.8. The first kappa shape index (κ1) is 68.6. The predicted molar refractivity (Wildman–Crippen MR) is 472 cm³/mol. The summed E-state index contributed by atoms with van der Waals surface area (Å²) in [5, 5.41) is 7.74. The maximum absolute atomic E-state index is 2.51. The normalized spacial score (nSPS) is 13.6. The fraction of sp³-hybridized carbons (Fsp3) is 0.143. The third kappa shape index (κ3) is 11.1. The van der Waals surface area contributed by atoms with E-state index in [4.69, 9.17) is 0 Å². The van der Waals surface area contributed by atoms with E-state index in [1.165, 1.54) is 166 Å². The average molecular weight is 1440 g/mol. The first-order valence-electron chi connectivity index (χ1n) is 39.1. The number of fused-ring (bicyclic) bond motifs is 18. The molecule has 0 atom stereocenters.